The van der Waals surface area contributed by atoms with Crippen LogP contribution in [0.25, 0.3) is 0 Å². The van der Waals surface area contributed by atoms with Crippen molar-refractivity contribution in [3.63, 3.8) is 0 Å². The fraction of sp³-hybridized carbons (Fsp3) is 0.895. The predicted molar refractivity (Wildman–Crippen MR) is 96.6 cm³/mol. The lowest BCUT2D eigenvalue weighted by Gasteiger charge is -2.29. The Balaban J connectivity index is 2.41. The van der Waals surface area contributed by atoms with Crippen LogP contribution in [0.5, 0.6) is 0 Å². The quantitative estimate of drug-likeness (QED) is 0.601. The molecule has 1 fully saturated rings. The SMILES string of the molecule is CCOCCCNC(=O)[C@@H](NC(=O)C1CCC(CC)CC1)C(C)C. The average molecular weight is 341 g/mol. The van der Waals surface area contributed by atoms with Gasteiger partial charge >= 0.3 is 0 Å². The third-order valence-electron chi connectivity index (χ3n) is 5.01. The molecule has 2 amide bonds. The Kier molecular flexibility index (Phi) is 9.99. The number of hydrogen-bond donors (Lipinski definition) is 2. The number of rotatable bonds is 10. The summed E-state index contributed by atoms with van der Waals surface area (Å²) in [6, 6.07) is -0.450. The third kappa shape index (κ3) is 7.20. The highest BCUT2D eigenvalue weighted by atomic mass is 16.5. The Hall–Kier alpha value is -1.10. The lowest BCUT2D eigenvalue weighted by molar-refractivity contribution is -0.132. The summed E-state index contributed by atoms with van der Waals surface area (Å²) in [4.78, 5) is 24.9. The highest BCUT2D eigenvalue weighted by Crippen LogP contribution is 2.30. The van der Waals surface area contributed by atoms with E-state index in [0.717, 1.165) is 38.0 Å². The van der Waals surface area contributed by atoms with Crippen LogP contribution in [0.3, 0.4) is 0 Å². The summed E-state index contributed by atoms with van der Waals surface area (Å²) in [5.41, 5.74) is 0. The Labute approximate surface area is 147 Å². The van der Waals surface area contributed by atoms with Crippen LogP contribution in [0.15, 0.2) is 0 Å². The second-order valence-electron chi connectivity index (χ2n) is 7.20. The summed E-state index contributed by atoms with van der Waals surface area (Å²) in [6.45, 7) is 10.0. The van der Waals surface area contributed by atoms with E-state index in [2.05, 4.69) is 17.6 Å². The van der Waals surface area contributed by atoms with Gasteiger partial charge in [0, 0.05) is 25.7 Å². The van der Waals surface area contributed by atoms with Crippen LogP contribution in [0, 0.1) is 17.8 Å². The first kappa shape index (κ1) is 20.9. The lowest BCUT2D eigenvalue weighted by Crippen LogP contribution is -2.51. The Morgan fingerprint density at radius 1 is 1.12 bits per heavy atom. The lowest BCUT2D eigenvalue weighted by atomic mass is 9.80. The van der Waals surface area contributed by atoms with E-state index in [1.807, 2.05) is 20.8 Å². The van der Waals surface area contributed by atoms with Crippen molar-refractivity contribution < 1.29 is 14.3 Å². The number of ether oxygens (including phenoxy) is 1. The molecule has 0 bridgehead atoms. The summed E-state index contributed by atoms with van der Waals surface area (Å²) in [5.74, 6) is 0.876. The minimum atomic E-state index is -0.450. The predicted octanol–water partition coefficient (Wildman–Crippen LogP) is 2.89. The molecule has 5 nitrogen and oxygen atoms in total. The molecule has 1 aliphatic rings. The zero-order valence-electron chi connectivity index (χ0n) is 15.9. The molecule has 0 aromatic heterocycles. The molecule has 140 valence electrons. The minimum Gasteiger partial charge on any atom is -0.382 e. The van der Waals surface area contributed by atoms with E-state index < -0.39 is 6.04 Å². The van der Waals surface area contributed by atoms with E-state index in [0.29, 0.717) is 19.8 Å². The second-order valence-corrected chi connectivity index (χ2v) is 7.20. The van der Waals surface area contributed by atoms with E-state index >= 15 is 0 Å². The maximum absolute atomic E-state index is 12.5. The van der Waals surface area contributed by atoms with Gasteiger partial charge in [0.1, 0.15) is 6.04 Å². The van der Waals surface area contributed by atoms with E-state index in [1.54, 1.807) is 0 Å². The molecule has 5 heteroatoms. The molecule has 0 aromatic rings. The smallest absolute Gasteiger partial charge is 0.242 e. The fourth-order valence-electron chi connectivity index (χ4n) is 3.28. The second kappa shape index (κ2) is 11.5. The zero-order valence-corrected chi connectivity index (χ0v) is 15.9. The van der Waals surface area contributed by atoms with Crippen LogP contribution >= 0.6 is 0 Å². The number of hydrogen-bond acceptors (Lipinski definition) is 3. The Morgan fingerprint density at radius 2 is 1.79 bits per heavy atom. The number of amides is 2. The van der Waals surface area contributed by atoms with Gasteiger partial charge in [-0.2, -0.15) is 0 Å². The molecule has 0 spiro atoms. The van der Waals surface area contributed by atoms with Crippen LogP contribution in [-0.2, 0) is 14.3 Å². The van der Waals surface area contributed by atoms with Crippen molar-refractivity contribution in [3.05, 3.63) is 0 Å². The van der Waals surface area contributed by atoms with E-state index in [4.69, 9.17) is 4.74 Å². The van der Waals surface area contributed by atoms with Crippen LogP contribution < -0.4 is 10.6 Å². The highest BCUT2D eigenvalue weighted by molar-refractivity contribution is 5.88. The number of carbonyl (C=O) groups excluding carboxylic acids is 2. The standard InChI is InChI=1S/C19H36N2O3/c1-5-15-8-10-16(11-9-15)18(22)21-17(14(3)4)19(23)20-12-7-13-24-6-2/h14-17H,5-13H2,1-4H3,(H,20,23)(H,21,22)/t15?,16?,17-/m0/s1. The van der Waals surface area contributed by atoms with Gasteiger partial charge in [-0.15, -0.1) is 0 Å². The summed E-state index contributed by atoms with van der Waals surface area (Å²) in [5, 5.41) is 5.90. The Morgan fingerprint density at radius 3 is 2.33 bits per heavy atom. The highest BCUT2D eigenvalue weighted by Gasteiger charge is 2.30. The van der Waals surface area contributed by atoms with Crippen molar-refractivity contribution >= 4 is 11.8 Å². The first-order valence-electron chi connectivity index (χ1n) is 9.65. The molecule has 1 saturated carbocycles. The molecule has 0 saturated heterocycles. The zero-order chi connectivity index (χ0) is 17.9. The summed E-state index contributed by atoms with van der Waals surface area (Å²) in [6.07, 6.45) is 6.15. The van der Waals surface area contributed by atoms with Crippen molar-refractivity contribution in [1.82, 2.24) is 10.6 Å². The van der Waals surface area contributed by atoms with Gasteiger partial charge in [0.2, 0.25) is 11.8 Å². The molecule has 1 aliphatic carbocycles. The van der Waals surface area contributed by atoms with Gasteiger partial charge < -0.3 is 15.4 Å². The van der Waals surface area contributed by atoms with Crippen molar-refractivity contribution in [2.24, 2.45) is 17.8 Å². The normalized spacial score (nSPS) is 22.2. The van der Waals surface area contributed by atoms with Gasteiger partial charge in [0.25, 0.3) is 0 Å². The fourth-order valence-corrected chi connectivity index (χ4v) is 3.28. The van der Waals surface area contributed by atoms with Crippen LogP contribution in [0.2, 0.25) is 0 Å². The van der Waals surface area contributed by atoms with Crippen LogP contribution in [-0.4, -0.2) is 37.6 Å². The van der Waals surface area contributed by atoms with Crippen molar-refractivity contribution in [2.45, 2.75) is 72.3 Å². The largest absolute Gasteiger partial charge is 0.382 e. The summed E-state index contributed by atoms with van der Waals surface area (Å²) in [7, 11) is 0. The van der Waals surface area contributed by atoms with Gasteiger partial charge in [-0.3, -0.25) is 9.59 Å². The molecule has 1 rings (SSSR count). The summed E-state index contributed by atoms with van der Waals surface area (Å²) < 4.78 is 5.26. The monoisotopic (exact) mass is 340 g/mol. The molecular formula is C19H36N2O3. The van der Waals surface area contributed by atoms with Gasteiger partial charge in [0.15, 0.2) is 0 Å². The van der Waals surface area contributed by atoms with E-state index in [1.165, 1.54) is 6.42 Å². The van der Waals surface area contributed by atoms with Crippen molar-refractivity contribution in [3.8, 4) is 0 Å². The Bertz CT molecular complexity index is 377. The van der Waals surface area contributed by atoms with Crippen LogP contribution in [0.4, 0.5) is 0 Å². The molecule has 0 radical (unpaired) electrons. The molecule has 2 N–H and O–H groups in total. The third-order valence-corrected chi connectivity index (χ3v) is 5.01. The molecule has 0 aliphatic heterocycles. The number of nitrogens with one attached hydrogen (secondary N) is 2. The first-order valence-corrected chi connectivity index (χ1v) is 9.65. The molecule has 0 heterocycles. The van der Waals surface area contributed by atoms with E-state index in [-0.39, 0.29) is 23.7 Å². The molecule has 1 atom stereocenters. The van der Waals surface area contributed by atoms with Gasteiger partial charge in [-0.25, -0.2) is 0 Å². The van der Waals surface area contributed by atoms with Crippen molar-refractivity contribution in [1.29, 1.82) is 0 Å². The van der Waals surface area contributed by atoms with Gasteiger partial charge in [-0.05, 0) is 50.9 Å². The number of carbonyl (C=O) groups is 2. The van der Waals surface area contributed by atoms with Crippen molar-refractivity contribution in [2.75, 3.05) is 19.8 Å². The maximum Gasteiger partial charge on any atom is 0.242 e. The molecular weight excluding hydrogens is 304 g/mol. The first-order chi connectivity index (χ1) is 11.5. The molecule has 0 unspecified atom stereocenters. The summed E-state index contributed by atoms with van der Waals surface area (Å²) >= 11 is 0. The van der Waals surface area contributed by atoms with E-state index in [9.17, 15) is 9.59 Å². The maximum atomic E-state index is 12.5. The van der Waals surface area contributed by atoms with Crippen LogP contribution in [0.1, 0.15) is 66.2 Å². The average Bonchev–Trinajstić information content (AvgIpc) is 2.58. The topological polar surface area (TPSA) is 67.4 Å². The minimum absolute atomic E-state index is 0.0488. The van der Waals surface area contributed by atoms with Gasteiger partial charge in [-0.1, -0.05) is 27.2 Å². The molecule has 24 heavy (non-hydrogen) atoms. The van der Waals surface area contributed by atoms with Gasteiger partial charge in [0.05, 0.1) is 0 Å². The molecule has 0 aromatic carbocycles.